The molecule has 7 aromatic carbocycles. The maximum absolute atomic E-state index is 6.60. The second kappa shape index (κ2) is 16.2. The number of anilines is 3. The fraction of sp³-hybridized carbons (Fsp3) is 0.109. The number of aryl methyl sites for hydroxylation is 2. The number of pyridine rings is 1. The second-order valence-electron chi connectivity index (χ2n) is 16.7. The molecule has 300 valence electrons. The van der Waals surface area contributed by atoms with Crippen LogP contribution in [0, 0.1) is 32.0 Å². The molecule has 0 N–H and O–H groups in total. The number of hydrogen-bond acceptors (Lipinski definition) is 3. The number of nitrogens with zero attached hydrogens (tertiary/aromatic N) is 3. The first-order chi connectivity index (χ1) is 29.2. The van der Waals surface area contributed by atoms with Crippen molar-refractivity contribution in [1.82, 2.24) is 9.55 Å². The third kappa shape index (κ3) is 7.32. The molecule has 1 aliphatic heterocycles. The second-order valence-corrected chi connectivity index (χ2v) is 16.7. The average Bonchev–Trinajstić information content (AvgIpc) is 3.61. The van der Waals surface area contributed by atoms with Crippen LogP contribution in [0.2, 0.25) is 0 Å². The van der Waals surface area contributed by atoms with E-state index in [1.165, 1.54) is 44.0 Å². The molecule has 0 unspecified atom stereocenters. The SMILES string of the molecule is Cc1cccc(C)c1B1c2ccc[c-]c2N(c2[c-]c(Oc3[c-]c(-c4ccc(C(C)(C)C)cn4)ccc3)ccc2)c2c1c1ccccc1n2-c1cccc(-c2ccccc2)c1.[Pt]. The molecule has 10 rings (SSSR count). The van der Waals surface area contributed by atoms with Gasteiger partial charge in [-0.15, -0.1) is 47.4 Å². The van der Waals surface area contributed by atoms with Gasteiger partial charge in [0.2, 0.25) is 0 Å². The Hall–Kier alpha value is -6.42. The van der Waals surface area contributed by atoms with Crippen molar-refractivity contribution in [2.45, 2.75) is 40.0 Å². The third-order valence-electron chi connectivity index (χ3n) is 11.7. The molecule has 0 bridgehead atoms. The predicted octanol–water partition coefficient (Wildman–Crippen LogP) is 11.8. The molecule has 6 heteroatoms. The summed E-state index contributed by atoms with van der Waals surface area (Å²) >= 11 is 0. The van der Waals surface area contributed by atoms with Crippen LogP contribution in [0.1, 0.15) is 37.5 Å². The van der Waals surface area contributed by atoms with Gasteiger partial charge in [-0.2, -0.15) is 30.3 Å². The normalized spacial score (nSPS) is 12.1. The first-order valence-corrected chi connectivity index (χ1v) is 20.6. The minimum Gasteiger partial charge on any atom is -0.503 e. The molecule has 0 spiro atoms. The molecule has 0 atom stereocenters. The van der Waals surface area contributed by atoms with E-state index in [4.69, 9.17) is 9.72 Å². The van der Waals surface area contributed by atoms with Gasteiger partial charge in [-0.25, -0.2) is 0 Å². The number of ether oxygens (including phenoxy) is 1. The first-order valence-electron chi connectivity index (χ1n) is 20.6. The maximum atomic E-state index is 6.60. The summed E-state index contributed by atoms with van der Waals surface area (Å²) < 4.78 is 9.03. The van der Waals surface area contributed by atoms with Crippen molar-refractivity contribution in [3.63, 3.8) is 0 Å². The van der Waals surface area contributed by atoms with Crippen LogP contribution in [0.15, 0.2) is 170 Å². The molecular weight excluding hydrogens is 925 g/mol. The minimum absolute atomic E-state index is 0. The van der Waals surface area contributed by atoms with E-state index in [1.807, 2.05) is 42.6 Å². The molecule has 0 saturated carbocycles. The van der Waals surface area contributed by atoms with E-state index in [2.05, 4.69) is 190 Å². The topological polar surface area (TPSA) is 30.3 Å². The molecule has 61 heavy (non-hydrogen) atoms. The summed E-state index contributed by atoms with van der Waals surface area (Å²) in [6, 6.07) is 68.5. The molecule has 9 aromatic rings. The summed E-state index contributed by atoms with van der Waals surface area (Å²) in [5, 5.41) is 1.20. The van der Waals surface area contributed by atoms with Gasteiger partial charge in [0.15, 0.2) is 6.71 Å². The standard InChI is InChI=1S/C55H43BN3O.Pt/c1-37-17-13-18-38(2)52(37)56-48-28-10-12-30-51(48)59(44-24-16-26-46(35-44)60-45-25-15-22-41(34-45)49-32-31-42(36-57-49)55(3,4)5)54-53(56)47-27-9-11-29-50(47)58(54)43-23-14-21-40(33-43)39-19-7-6-8-20-39;/h6-29,31-33,36H,1-5H3;/q-3;. The van der Waals surface area contributed by atoms with Crippen LogP contribution in [0.3, 0.4) is 0 Å². The molecule has 0 aliphatic carbocycles. The zero-order valence-electron chi connectivity index (χ0n) is 34.8. The van der Waals surface area contributed by atoms with E-state index in [9.17, 15) is 0 Å². The largest absolute Gasteiger partial charge is 0.503 e. The van der Waals surface area contributed by atoms with Crippen LogP contribution in [0.25, 0.3) is 39.0 Å². The Labute approximate surface area is 373 Å². The van der Waals surface area contributed by atoms with Gasteiger partial charge >= 0.3 is 0 Å². The predicted molar refractivity (Wildman–Crippen MR) is 249 cm³/mol. The van der Waals surface area contributed by atoms with Gasteiger partial charge in [0.25, 0.3) is 0 Å². The van der Waals surface area contributed by atoms with Crippen LogP contribution in [0.5, 0.6) is 11.5 Å². The maximum Gasteiger partial charge on any atom is 0.184 e. The van der Waals surface area contributed by atoms with Crippen LogP contribution in [-0.2, 0) is 26.5 Å². The van der Waals surface area contributed by atoms with Crippen LogP contribution >= 0.6 is 0 Å². The van der Waals surface area contributed by atoms with Gasteiger partial charge in [0.1, 0.15) is 5.82 Å². The molecule has 2 aromatic heterocycles. The number of para-hydroxylation sites is 2. The molecule has 0 saturated heterocycles. The van der Waals surface area contributed by atoms with Crippen molar-refractivity contribution in [1.29, 1.82) is 0 Å². The van der Waals surface area contributed by atoms with Gasteiger partial charge in [-0.3, -0.25) is 4.57 Å². The zero-order chi connectivity index (χ0) is 41.0. The Kier molecular flexibility index (Phi) is 10.6. The molecule has 1 aliphatic rings. The Morgan fingerprint density at radius 1 is 0.639 bits per heavy atom. The Bertz CT molecular complexity index is 3020. The van der Waals surface area contributed by atoms with Gasteiger partial charge in [-0.1, -0.05) is 146 Å². The Morgan fingerprint density at radius 3 is 2.11 bits per heavy atom. The van der Waals surface area contributed by atoms with Crippen molar-refractivity contribution >= 4 is 51.2 Å². The summed E-state index contributed by atoms with van der Waals surface area (Å²) in [6.07, 6.45) is 1.96. The summed E-state index contributed by atoms with van der Waals surface area (Å²) in [5.74, 6) is 2.23. The van der Waals surface area contributed by atoms with Crippen molar-refractivity contribution in [2.24, 2.45) is 0 Å². The number of aromatic nitrogens is 2. The monoisotopic (exact) mass is 967 g/mol. The Morgan fingerprint density at radius 2 is 1.34 bits per heavy atom. The fourth-order valence-electron chi connectivity index (χ4n) is 8.82. The Balaban J connectivity index is 0.00000476. The molecule has 4 nitrogen and oxygen atoms in total. The zero-order valence-corrected chi connectivity index (χ0v) is 37.1. The average molecular weight is 968 g/mol. The van der Waals surface area contributed by atoms with Gasteiger partial charge < -0.3 is 14.6 Å². The summed E-state index contributed by atoms with van der Waals surface area (Å²) in [7, 11) is 0. The van der Waals surface area contributed by atoms with Crippen LogP contribution in [0.4, 0.5) is 17.2 Å². The van der Waals surface area contributed by atoms with Crippen molar-refractivity contribution in [3.05, 3.63) is 205 Å². The molecule has 0 fully saturated rings. The van der Waals surface area contributed by atoms with Gasteiger partial charge in [-0.05, 0) is 70.7 Å². The first kappa shape index (κ1) is 40.0. The molecule has 0 amide bonds. The summed E-state index contributed by atoms with van der Waals surface area (Å²) in [6.45, 7) is 11.0. The fourth-order valence-corrected chi connectivity index (χ4v) is 8.82. The number of benzene rings is 7. The van der Waals surface area contributed by atoms with E-state index >= 15 is 0 Å². The van der Waals surface area contributed by atoms with Gasteiger partial charge in [0, 0.05) is 44.4 Å². The van der Waals surface area contributed by atoms with E-state index in [-0.39, 0.29) is 33.2 Å². The molecule has 0 radical (unpaired) electrons. The molecular formula is C55H43BN3OPt-3. The number of fused-ring (bicyclic) bond motifs is 4. The van der Waals surface area contributed by atoms with Crippen LogP contribution < -0.4 is 26.0 Å². The van der Waals surface area contributed by atoms with Crippen molar-refractivity contribution in [3.8, 4) is 39.6 Å². The van der Waals surface area contributed by atoms with Gasteiger partial charge in [0.05, 0.1) is 5.52 Å². The van der Waals surface area contributed by atoms with E-state index in [0.717, 1.165) is 45.2 Å². The van der Waals surface area contributed by atoms with E-state index < -0.39 is 0 Å². The minimum atomic E-state index is -0.0452. The molecule has 3 heterocycles. The van der Waals surface area contributed by atoms with Crippen molar-refractivity contribution < 1.29 is 25.8 Å². The van der Waals surface area contributed by atoms with Crippen molar-refractivity contribution in [2.75, 3.05) is 4.90 Å². The van der Waals surface area contributed by atoms with Crippen LogP contribution in [-0.4, -0.2) is 16.3 Å². The smallest absolute Gasteiger partial charge is 0.184 e. The number of rotatable bonds is 7. The van der Waals surface area contributed by atoms with E-state index in [1.54, 1.807) is 0 Å². The summed E-state index contributed by atoms with van der Waals surface area (Å²) in [5.41, 5.74) is 15.6. The summed E-state index contributed by atoms with van der Waals surface area (Å²) in [4.78, 5) is 7.12. The van der Waals surface area contributed by atoms with E-state index in [0.29, 0.717) is 11.5 Å². The third-order valence-corrected chi connectivity index (χ3v) is 11.7. The quantitative estimate of drug-likeness (QED) is 0.118. The number of hydrogen-bond donors (Lipinski definition) is 0.